The summed E-state index contributed by atoms with van der Waals surface area (Å²) < 4.78 is 0. The lowest BCUT2D eigenvalue weighted by Gasteiger charge is -2.15. The summed E-state index contributed by atoms with van der Waals surface area (Å²) in [6.45, 7) is 18.5. The maximum absolute atomic E-state index is 4.50. The highest BCUT2D eigenvalue weighted by Crippen LogP contribution is 2.09. The molecule has 2 N–H and O–H groups in total. The van der Waals surface area contributed by atoms with Gasteiger partial charge in [0, 0.05) is 19.6 Å². The maximum atomic E-state index is 4.50. The van der Waals surface area contributed by atoms with Crippen LogP contribution in [0.15, 0.2) is 37.0 Å². The largest absolute Gasteiger partial charge is 0.364 e. The lowest BCUT2D eigenvalue weighted by molar-refractivity contribution is 0.286. The SMILES string of the molecule is C=CN1CCN(CCCc2ccc(C)cc2)C1.CC.CC.CN. The van der Waals surface area contributed by atoms with Crippen molar-refractivity contribution < 1.29 is 0 Å². The number of benzene rings is 1. The van der Waals surface area contributed by atoms with Crippen LogP contribution in [0, 0.1) is 6.92 Å². The molecule has 2 rings (SSSR count). The zero-order valence-electron chi connectivity index (χ0n) is 16.3. The number of nitrogens with two attached hydrogens (primary N) is 1. The van der Waals surface area contributed by atoms with Gasteiger partial charge in [-0.1, -0.05) is 64.1 Å². The molecule has 1 saturated heterocycles. The van der Waals surface area contributed by atoms with Crippen LogP contribution in [0.1, 0.15) is 45.2 Å². The number of nitrogens with zero attached hydrogens (tertiary/aromatic N) is 2. The number of hydrogen-bond donors (Lipinski definition) is 1. The van der Waals surface area contributed by atoms with Crippen LogP contribution in [-0.2, 0) is 6.42 Å². The first-order valence-corrected chi connectivity index (χ1v) is 9.00. The minimum Gasteiger partial charge on any atom is -0.364 e. The summed E-state index contributed by atoms with van der Waals surface area (Å²) >= 11 is 0. The predicted molar refractivity (Wildman–Crippen MR) is 106 cm³/mol. The number of rotatable bonds is 5. The van der Waals surface area contributed by atoms with E-state index >= 15 is 0 Å². The van der Waals surface area contributed by atoms with E-state index in [9.17, 15) is 0 Å². The second kappa shape index (κ2) is 17.0. The molecule has 1 heterocycles. The first-order chi connectivity index (χ1) is 11.3. The van der Waals surface area contributed by atoms with Crippen LogP contribution in [0.3, 0.4) is 0 Å². The van der Waals surface area contributed by atoms with E-state index in [0.29, 0.717) is 0 Å². The number of aryl methyl sites for hydroxylation is 2. The van der Waals surface area contributed by atoms with Crippen LogP contribution in [0.25, 0.3) is 0 Å². The molecule has 0 atom stereocenters. The van der Waals surface area contributed by atoms with Gasteiger partial charge in [0.25, 0.3) is 0 Å². The molecule has 0 spiro atoms. The van der Waals surface area contributed by atoms with Gasteiger partial charge in [-0.3, -0.25) is 4.90 Å². The highest BCUT2D eigenvalue weighted by molar-refractivity contribution is 5.21. The van der Waals surface area contributed by atoms with E-state index in [1.54, 1.807) is 0 Å². The quantitative estimate of drug-likeness (QED) is 0.879. The van der Waals surface area contributed by atoms with E-state index in [1.165, 1.54) is 44.1 Å². The smallest absolute Gasteiger partial charge is 0.0702 e. The molecule has 0 saturated carbocycles. The Hall–Kier alpha value is -1.32. The zero-order chi connectivity index (χ0) is 18.1. The van der Waals surface area contributed by atoms with E-state index in [4.69, 9.17) is 0 Å². The van der Waals surface area contributed by atoms with Gasteiger partial charge in [0.2, 0.25) is 0 Å². The summed E-state index contributed by atoms with van der Waals surface area (Å²) in [5.74, 6) is 0. The van der Waals surface area contributed by atoms with Gasteiger partial charge in [-0.15, -0.1) is 0 Å². The Morgan fingerprint density at radius 3 is 2.09 bits per heavy atom. The molecular weight excluding hydrogens is 282 g/mol. The van der Waals surface area contributed by atoms with Crippen molar-refractivity contribution in [3.05, 3.63) is 48.2 Å². The van der Waals surface area contributed by atoms with E-state index < -0.39 is 0 Å². The molecule has 1 aliphatic rings. The summed E-state index contributed by atoms with van der Waals surface area (Å²) in [5.41, 5.74) is 7.30. The molecule has 1 aromatic carbocycles. The third-order valence-corrected chi connectivity index (χ3v) is 3.40. The van der Waals surface area contributed by atoms with Crippen molar-refractivity contribution in [3.8, 4) is 0 Å². The Morgan fingerprint density at radius 2 is 1.61 bits per heavy atom. The average molecular weight is 322 g/mol. The van der Waals surface area contributed by atoms with Crippen molar-refractivity contribution in [2.24, 2.45) is 5.73 Å². The summed E-state index contributed by atoms with van der Waals surface area (Å²) in [6.07, 6.45) is 4.37. The Bertz CT molecular complexity index is 360. The van der Waals surface area contributed by atoms with Gasteiger partial charge in [-0.2, -0.15) is 0 Å². The molecule has 3 nitrogen and oxygen atoms in total. The molecule has 0 unspecified atom stereocenters. The fourth-order valence-corrected chi connectivity index (χ4v) is 2.26. The minimum atomic E-state index is 1.05. The molecule has 1 aromatic rings. The van der Waals surface area contributed by atoms with Gasteiger partial charge in [0.1, 0.15) is 0 Å². The Kier molecular flexibility index (Phi) is 17.7. The molecule has 0 aromatic heterocycles. The lowest BCUT2D eigenvalue weighted by atomic mass is 10.1. The van der Waals surface area contributed by atoms with Crippen LogP contribution in [0.4, 0.5) is 0 Å². The predicted octanol–water partition coefficient (Wildman–Crippen LogP) is 4.27. The topological polar surface area (TPSA) is 32.5 Å². The normalized spacial score (nSPS) is 12.9. The van der Waals surface area contributed by atoms with Crippen molar-refractivity contribution in [3.63, 3.8) is 0 Å². The maximum Gasteiger partial charge on any atom is 0.0702 e. The van der Waals surface area contributed by atoms with Crippen molar-refractivity contribution in [1.82, 2.24) is 9.80 Å². The monoisotopic (exact) mass is 321 g/mol. The molecular formula is C20H39N3. The third-order valence-electron chi connectivity index (χ3n) is 3.40. The Morgan fingerprint density at radius 1 is 1.04 bits per heavy atom. The van der Waals surface area contributed by atoms with Crippen molar-refractivity contribution in [2.75, 3.05) is 33.4 Å². The van der Waals surface area contributed by atoms with E-state index in [2.05, 4.69) is 53.3 Å². The molecule has 0 amide bonds. The van der Waals surface area contributed by atoms with Crippen molar-refractivity contribution in [1.29, 1.82) is 0 Å². The van der Waals surface area contributed by atoms with Crippen LogP contribution >= 0.6 is 0 Å². The summed E-state index contributed by atoms with van der Waals surface area (Å²) in [4.78, 5) is 4.77. The van der Waals surface area contributed by atoms with Gasteiger partial charge < -0.3 is 10.6 Å². The van der Waals surface area contributed by atoms with Crippen LogP contribution in [0.2, 0.25) is 0 Å². The lowest BCUT2D eigenvalue weighted by Crippen LogP contribution is -2.24. The summed E-state index contributed by atoms with van der Waals surface area (Å²) in [7, 11) is 1.50. The molecule has 23 heavy (non-hydrogen) atoms. The second-order valence-corrected chi connectivity index (χ2v) is 4.84. The fourth-order valence-electron chi connectivity index (χ4n) is 2.26. The Labute approximate surface area is 145 Å². The minimum absolute atomic E-state index is 1.05. The standard InChI is InChI=1S/C15H22N2.2C2H6.CH5N/c1-3-16-11-12-17(13-16)10-4-5-15-8-6-14(2)7-9-15;3*1-2/h3,6-9H,1,4-5,10-13H2,2H3;2*1-2H3;2H2,1H3. The summed E-state index contributed by atoms with van der Waals surface area (Å²) in [5, 5.41) is 0. The van der Waals surface area contributed by atoms with Crippen molar-refractivity contribution in [2.45, 2.75) is 47.5 Å². The molecule has 134 valence electrons. The molecule has 3 heteroatoms. The average Bonchev–Trinajstić information content (AvgIpc) is 3.10. The van der Waals surface area contributed by atoms with Crippen LogP contribution < -0.4 is 5.73 Å². The van der Waals surface area contributed by atoms with Gasteiger partial charge in [-0.05, 0) is 38.6 Å². The molecule has 0 aliphatic carbocycles. The first-order valence-electron chi connectivity index (χ1n) is 9.00. The fraction of sp³-hybridized carbons (Fsp3) is 0.600. The van der Waals surface area contributed by atoms with Crippen LogP contribution in [-0.4, -0.2) is 43.2 Å². The van der Waals surface area contributed by atoms with Gasteiger partial charge in [0.15, 0.2) is 0 Å². The third kappa shape index (κ3) is 10.9. The highest BCUT2D eigenvalue weighted by Gasteiger charge is 2.15. The van der Waals surface area contributed by atoms with E-state index in [1.807, 2.05) is 33.9 Å². The molecule has 1 aliphatic heterocycles. The van der Waals surface area contributed by atoms with Crippen LogP contribution in [0.5, 0.6) is 0 Å². The van der Waals surface area contributed by atoms with E-state index in [-0.39, 0.29) is 0 Å². The molecule has 1 fully saturated rings. The first kappa shape index (κ1) is 23.9. The van der Waals surface area contributed by atoms with Gasteiger partial charge in [0.05, 0.1) is 6.67 Å². The van der Waals surface area contributed by atoms with Crippen molar-refractivity contribution >= 4 is 0 Å². The second-order valence-electron chi connectivity index (χ2n) is 4.84. The van der Waals surface area contributed by atoms with Gasteiger partial charge >= 0.3 is 0 Å². The number of hydrogen-bond acceptors (Lipinski definition) is 3. The highest BCUT2D eigenvalue weighted by atomic mass is 15.4. The Balaban J connectivity index is 0. The van der Waals surface area contributed by atoms with Gasteiger partial charge in [-0.25, -0.2) is 0 Å². The summed E-state index contributed by atoms with van der Waals surface area (Å²) in [6, 6.07) is 8.89. The molecule has 0 bridgehead atoms. The molecule has 0 radical (unpaired) electrons. The van der Waals surface area contributed by atoms with E-state index in [0.717, 1.165) is 13.2 Å². The zero-order valence-corrected chi connectivity index (χ0v) is 16.3.